The normalized spacial score (nSPS) is 9.67. The smallest absolute Gasteiger partial charge is 0.313 e. The van der Waals surface area contributed by atoms with Gasteiger partial charge in [-0.25, -0.2) is 0 Å². The Morgan fingerprint density at radius 2 is 2.06 bits per heavy atom. The number of thiocarbonyl (C=S) groups is 1. The lowest BCUT2D eigenvalue weighted by atomic mass is 10.2. The van der Waals surface area contributed by atoms with E-state index >= 15 is 0 Å². The van der Waals surface area contributed by atoms with Crippen molar-refractivity contribution in [1.29, 1.82) is 0 Å². The molecule has 0 aliphatic carbocycles. The van der Waals surface area contributed by atoms with Crippen molar-refractivity contribution < 1.29 is 9.59 Å². The third kappa shape index (κ3) is 4.31. The number of amides is 2. The van der Waals surface area contributed by atoms with Crippen LogP contribution in [-0.2, 0) is 9.59 Å². The topological polar surface area (TPSA) is 84.2 Å². The minimum absolute atomic E-state index is 0.0247. The van der Waals surface area contributed by atoms with Crippen LogP contribution in [-0.4, -0.2) is 23.3 Å². The molecule has 0 aliphatic heterocycles. The van der Waals surface area contributed by atoms with Crippen LogP contribution in [0.2, 0.25) is 5.02 Å². The molecule has 5 nitrogen and oxygen atoms in total. The van der Waals surface area contributed by atoms with Crippen molar-refractivity contribution in [3.63, 3.8) is 0 Å². The first-order valence-electron chi connectivity index (χ1n) is 5.04. The fraction of sp³-hybridized carbons (Fsp3) is 0.182. The van der Waals surface area contributed by atoms with Gasteiger partial charge in [0, 0.05) is 0 Å². The van der Waals surface area contributed by atoms with Crippen molar-refractivity contribution in [3.05, 3.63) is 28.8 Å². The van der Waals surface area contributed by atoms with Crippen LogP contribution in [0.25, 0.3) is 0 Å². The Balaban J connectivity index is 2.66. The zero-order valence-electron chi connectivity index (χ0n) is 9.62. The van der Waals surface area contributed by atoms with Crippen LogP contribution in [0, 0.1) is 6.92 Å². The highest BCUT2D eigenvalue weighted by Gasteiger charge is 2.14. The SMILES string of the molecule is Cc1ccc(Cl)c(NC(=O)C(=O)NCC(N)=S)c1. The van der Waals surface area contributed by atoms with Gasteiger partial charge in [0.05, 0.1) is 22.2 Å². The van der Waals surface area contributed by atoms with Gasteiger partial charge in [-0.3, -0.25) is 9.59 Å². The maximum Gasteiger partial charge on any atom is 0.313 e. The van der Waals surface area contributed by atoms with Crippen LogP contribution < -0.4 is 16.4 Å². The lowest BCUT2D eigenvalue weighted by molar-refractivity contribution is -0.135. The molecule has 0 spiro atoms. The Morgan fingerprint density at radius 3 is 2.67 bits per heavy atom. The number of halogens is 1. The van der Waals surface area contributed by atoms with E-state index in [0.29, 0.717) is 10.7 Å². The highest BCUT2D eigenvalue weighted by atomic mass is 35.5. The van der Waals surface area contributed by atoms with E-state index in [1.807, 2.05) is 6.92 Å². The highest BCUT2D eigenvalue weighted by Crippen LogP contribution is 2.22. The number of rotatable bonds is 3. The highest BCUT2D eigenvalue weighted by molar-refractivity contribution is 7.80. The Bertz CT molecular complexity index is 505. The van der Waals surface area contributed by atoms with Gasteiger partial charge in [0.25, 0.3) is 0 Å². The van der Waals surface area contributed by atoms with Crippen molar-refractivity contribution in [2.24, 2.45) is 5.73 Å². The number of hydrogen-bond acceptors (Lipinski definition) is 3. The summed E-state index contributed by atoms with van der Waals surface area (Å²) < 4.78 is 0. The number of carbonyl (C=O) groups is 2. The van der Waals surface area contributed by atoms with E-state index in [-0.39, 0.29) is 11.5 Å². The number of nitrogens with one attached hydrogen (secondary N) is 2. The molecular weight excluding hydrogens is 274 g/mol. The quantitative estimate of drug-likeness (QED) is 0.571. The first-order valence-corrected chi connectivity index (χ1v) is 5.82. The summed E-state index contributed by atoms with van der Waals surface area (Å²) in [6.45, 7) is 1.82. The number of benzene rings is 1. The second kappa shape index (κ2) is 6.32. The molecule has 4 N–H and O–H groups in total. The fourth-order valence-corrected chi connectivity index (χ4v) is 1.40. The zero-order chi connectivity index (χ0) is 13.7. The molecule has 2 amide bonds. The molecule has 0 fully saturated rings. The van der Waals surface area contributed by atoms with Gasteiger partial charge in [-0.2, -0.15) is 0 Å². The number of carbonyl (C=O) groups excluding carboxylic acids is 2. The number of anilines is 1. The Hall–Kier alpha value is -1.66. The predicted molar refractivity (Wildman–Crippen MR) is 74.6 cm³/mol. The summed E-state index contributed by atoms with van der Waals surface area (Å²) in [6, 6.07) is 5.10. The summed E-state index contributed by atoms with van der Waals surface area (Å²) in [5.74, 6) is -1.64. The van der Waals surface area contributed by atoms with Crippen LogP contribution in [0.5, 0.6) is 0 Å². The third-order valence-electron chi connectivity index (χ3n) is 2.00. The average Bonchev–Trinajstić information content (AvgIpc) is 2.30. The van der Waals surface area contributed by atoms with E-state index in [1.165, 1.54) is 0 Å². The molecule has 0 radical (unpaired) electrons. The van der Waals surface area contributed by atoms with Gasteiger partial charge in [0.15, 0.2) is 0 Å². The molecule has 96 valence electrons. The average molecular weight is 286 g/mol. The van der Waals surface area contributed by atoms with Crippen molar-refractivity contribution in [3.8, 4) is 0 Å². The summed E-state index contributed by atoms with van der Waals surface area (Å²) in [7, 11) is 0. The first kappa shape index (κ1) is 14.4. The van der Waals surface area contributed by atoms with E-state index < -0.39 is 11.8 Å². The summed E-state index contributed by atoms with van der Waals surface area (Å²) in [4.78, 5) is 23.0. The first-order chi connectivity index (χ1) is 8.40. The molecule has 0 saturated carbocycles. The van der Waals surface area contributed by atoms with Crippen molar-refractivity contribution >= 4 is 46.3 Å². The zero-order valence-corrected chi connectivity index (χ0v) is 11.2. The van der Waals surface area contributed by atoms with Crippen LogP contribution in [0.3, 0.4) is 0 Å². The van der Waals surface area contributed by atoms with Crippen LogP contribution in [0.4, 0.5) is 5.69 Å². The maximum absolute atomic E-state index is 11.5. The third-order valence-corrected chi connectivity index (χ3v) is 2.47. The second-order valence-corrected chi connectivity index (χ2v) is 4.52. The van der Waals surface area contributed by atoms with Crippen LogP contribution in [0.15, 0.2) is 18.2 Å². The van der Waals surface area contributed by atoms with E-state index in [9.17, 15) is 9.59 Å². The summed E-state index contributed by atoms with van der Waals surface area (Å²) >= 11 is 10.5. The molecule has 7 heteroatoms. The van der Waals surface area contributed by atoms with Crippen LogP contribution in [0.1, 0.15) is 5.56 Å². The molecule has 0 atom stereocenters. The van der Waals surface area contributed by atoms with Gasteiger partial charge < -0.3 is 16.4 Å². The van der Waals surface area contributed by atoms with Gasteiger partial charge in [0.1, 0.15) is 0 Å². The monoisotopic (exact) mass is 285 g/mol. The number of nitrogens with two attached hydrogens (primary N) is 1. The summed E-state index contributed by atoms with van der Waals surface area (Å²) in [5.41, 5.74) is 6.50. The molecule has 1 rings (SSSR count). The lowest BCUT2D eigenvalue weighted by Gasteiger charge is -2.08. The molecule has 18 heavy (non-hydrogen) atoms. The minimum atomic E-state index is -0.821. The largest absolute Gasteiger partial charge is 0.392 e. The van der Waals surface area contributed by atoms with Crippen molar-refractivity contribution in [2.75, 3.05) is 11.9 Å². The standard InChI is InChI=1S/C11H12ClN3O2S/c1-6-2-3-7(12)8(4-6)15-11(17)10(16)14-5-9(13)18/h2-4H,5H2,1H3,(H2,13,18)(H,14,16)(H,15,17). The van der Waals surface area contributed by atoms with Crippen molar-refractivity contribution in [1.82, 2.24) is 5.32 Å². The molecule has 0 heterocycles. The van der Waals surface area contributed by atoms with E-state index in [4.69, 9.17) is 17.3 Å². The van der Waals surface area contributed by atoms with Gasteiger partial charge in [-0.1, -0.05) is 29.9 Å². The second-order valence-electron chi connectivity index (χ2n) is 3.59. The fourth-order valence-electron chi connectivity index (χ4n) is 1.16. The molecule has 0 unspecified atom stereocenters. The number of hydrogen-bond donors (Lipinski definition) is 3. The maximum atomic E-state index is 11.5. The van der Waals surface area contributed by atoms with Gasteiger partial charge in [-0.15, -0.1) is 0 Å². The Morgan fingerprint density at radius 1 is 1.39 bits per heavy atom. The van der Waals surface area contributed by atoms with E-state index in [0.717, 1.165) is 5.56 Å². The summed E-state index contributed by atoms with van der Waals surface area (Å²) in [6.07, 6.45) is 0. The van der Waals surface area contributed by atoms with Crippen LogP contribution >= 0.6 is 23.8 Å². The Kier molecular flexibility index (Phi) is 5.06. The number of aryl methyl sites for hydroxylation is 1. The summed E-state index contributed by atoms with van der Waals surface area (Å²) in [5, 5.41) is 5.04. The molecular formula is C11H12ClN3O2S. The molecule has 0 saturated heterocycles. The van der Waals surface area contributed by atoms with Gasteiger partial charge in [0.2, 0.25) is 0 Å². The molecule has 0 bridgehead atoms. The molecule has 0 aromatic heterocycles. The van der Waals surface area contributed by atoms with E-state index in [1.54, 1.807) is 18.2 Å². The predicted octanol–water partition coefficient (Wildman–Crippen LogP) is 0.989. The van der Waals surface area contributed by atoms with Gasteiger partial charge in [-0.05, 0) is 24.6 Å². The Labute approximate surface area is 115 Å². The molecule has 0 aliphatic rings. The molecule has 1 aromatic rings. The van der Waals surface area contributed by atoms with Crippen molar-refractivity contribution in [2.45, 2.75) is 6.92 Å². The lowest BCUT2D eigenvalue weighted by Crippen LogP contribution is -2.39. The minimum Gasteiger partial charge on any atom is -0.392 e. The van der Waals surface area contributed by atoms with E-state index in [2.05, 4.69) is 22.9 Å². The van der Waals surface area contributed by atoms with Gasteiger partial charge >= 0.3 is 11.8 Å². The molecule has 1 aromatic carbocycles.